The monoisotopic (exact) mass is 550 g/mol. The molecule has 3 aromatic rings. The van der Waals surface area contributed by atoms with Gasteiger partial charge in [0.1, 0.15) is 17.6 Å². The van der Waals surface area contributed by atoms with Gasteiger partial charge in [-0.15, -0.1) is 0 Å². The predicted molar refractivity (Wildman–Crippen MR) is 146 cm³/mol. The van der Waals surface area contributed by atoms with Gasteiger partial charge in [0.05, 0.1) is 19.0 Å². The Morgan fingerprint density at radius 1 is 1.15 bits per heavy atom. The molecule has 5 rings (SSSR count). The predicted octanol–water partition coefficient (Wildman–Crippen LogP) is 3.18. The Balaban J connectivity index is 1.34. The van der Waals surface area contributed by atoms with Gasteiger partial charge >= 0.3 is 0 Å². The number of carbonyl (C=O) groups is 2. The van der Waals surface area contributed by atoms with E-state index in [1.165, 1.54) is 12.4 Å². The van der Waals surface area contributed by atoms with E-state index in [2.05, 4.69) is 20.4 Å². The lowest BCUT2D eigenvalue weighted by atomic mass is 9.98. The fraction of sp³-hybridized carbons (Fsp3) is 0.464. The molecule has 0 bridgehead atoms. The SMILES string of the molecule is C[C@@H](CO)Oc1cc(Oc2cnc(N(CC3CC3)C(=O)C3CCOCC3)cn2)cc(C(=O)Nc2ccn(C)n2)c1. The number of nitrogens with zero attached hydrogens (tertiary/aromatic N) is 5. The van der Waals surface area contributed by atoms with Crippen molar-refractivity contribution in [2.75, 3.05) is 36.6 Å². The van der Waals surface area contributed by atoms with Crippen molar-refractivity contribution in [2.24, 2.45) is 18.9 Å². The Morgan fingerprint density at radius 3 is 2.58 bits per heavy atom. The molecule has 1 atom stereocenters. The molecule has 0 spiro atoms. The van der Waals surface area contributed by atoms with Crippen molar-refractivity contribution < 1.29 is 28.9 Å². The number of hydrogen-bond acceptors (Lipinski definition) is 9. The van der Waals surface area contributed by atoms with E-state index < -0.39 is 12.0 Å². The standard InChI is InChI=1S/C28H34N6O6/c1-18(17-35)39-22-11-21(27(36)31-24-5-8-33(2)32-24)12-23(13-22)40-26-15-29-25(14-30-26)34(16-19-3-4-19)28(37)20-6-9-38-10-7-20/h5,8,11-15,18-20,35H,3-4,6-7,9-10,16-17H2,1-2H3,(H,31,32,36)/t18-/m0/s1. The van der Waals surface area contributed by atoms with Crippen LogP contribution in [0.4, 0.5) is 11.6 Å². The van der Waals surface area contributed by atoms with Gasteiger partial charge in [0.2, 0.25) is 11.8 Å². The molecule has 12 nitrogen and oxygen atoms in total. The summed E-state index contributed by atoms with van der Waals surface area (Å²) in [6, 6.07) is 6.40. The normalized spacial score (nSPS) is 16.3. The maximum atomic E-state index is 13.3. The van der Waals surface area contributed by atoms with Crippen molar-refractivity contribution in [3.63, 3.8) is 0 Å². The first-order valence-corrected chi connectivity index (χ1v) is 13.5. The number of amides is 2. The van der Waals surface area contributed by atoms with Crippen molar-refractivity contribution in [3.8, 4) is 17.4 Å². The Hall–Kier alpha value is -4.03. The Kier molecular flexibility index (Phi) is 8.56. The molecule has 2 aliphatic rings. The number of nitrogens with one attached hydrogen (secondary N) is 1. The van der Waals surface area contributed by atoms with Crippen LogP contribution < -0.4 is 19.7 Å². The van der Waals surface area contributed by atoms with Crippen LogP contribution in [0.1, 0.15) is 43.0 Å². The van der Waals surface area contributed by atoms with Gasteiger partial charge in [-0.25, -0.2) is 9.97 Å². The maximum absolute atomic E-state index is 13.3. The highest BCUT2D eigenvalue weighted by Gasteiger charge is 2.33. The van der Waals surface area contributed by atoms with Crippen LogP contribution in [0.25, 0.3) is 0 Å². The highest BCUT2D eigenvalue weighted by Crippen LogP contribution is 2.33. The number of anilines is 2. The Morgan fingerprint density at radius 2 is 1.93 bits per heavy atom. The number of hydrogen-bond donors (Lipinski definition) is 2. The van der Waals surface area contributed by atoms with Gasteiger partial charge in [-0.2, -0.15) is 5.10 Å². The number of benzene rings is 1. The second-order valence-corrected chi connectivity index (χ2v) is 10.2. The average Bonchev–Trinajstić information content (AvgIpc) is 3.70. The molecule has 1 aliphatic heterocycles. The molecular weight excluding hydrogens is 516 g/mol. The number of aryl methyl sites for hydroxylation is 1. The molecule has 1 saturated heterocycles. The van der Waals surface area contributed by atoms with Gasteiger partial charge in [0.25, 0.3) is 5.91 Å². The summed E-state index contributed by atoms with van der Waals surface area (Å²) in [6.07, 6.45) is 7.85. The Bertz CT molecular complexity index is 1320. The molecule has 40 heavy (non-hydrogen) atoms. The zero-order valence-electron chi connectivity index (χ0n) is 22.7. The van der Waals surface area contributed by atoms with E-state index in [0.29, 0.717) is 61.7 Å². The minimum atomic E-state index is -0.494. The van der Waals surface area contributed by atoms with Gasteiger partial charge < -0.3 is 24.6 Å². The molecule has 2 amide bonds. The first-order valence-electron chi connectivity index (χ1n) is 13.5. The third kappa shape index (κ3) is 7.13. The minimum absolute atomic E-state index is 0.0598. The number of carbonyl (C=O) groups excluding carboxylic acids is 2. The lowest BCUT2D eigenvalue weighted by Crippen LogP contribution is -2.40. The third-order valence-corrected chi connectivity index (χ3v) is 6.78. The first-order chi connectivity index (χ1) is 19.4. The van der Waals surface area contributed by atoms with Crippen molar-refractivity contribution in [1.82, 2.24) is 19.7 Å². The second kappa shape index (κ2) is 12.4. The number of aliphatic hydroxyl groups excluding tert-OH is 1. The van der Waals surface area contributed by atoms with Crippen LogP contribution in [-0.4, -0.2) is 69.1 Å². The summed E-state index contributed by atoms with van der Waals surface area (Å²) in [6.45, 7) is 3.32. The lowest BCUT2D eigenvalue weighted by Gasteiger charge is -2.28. The molecule has 1 saturated carbocycles. The fourth-order valence-corrected chi connectivity index (χ4v) is 4.41. The maximum Gasteiger partial charge on any atom is 0.257 e. The van der Waals surface area contributed by atoms with Gasteiger partial charge in [-0.3, -0.25) is 19.2 Å². The van der Waals surface area contributed by atoms with Gasteiger partial charge in [-0.1, -0.05) is 0 Å². The number of aromatic nitrogens is 4. The van der Waals surface area contributed by atoms with E-state index in [0.717, 1.165) is 12.8 Å². The lowest BCUT2D eigenvalue weighted by molar-refractivity contribution is -0.125. The molecule has 212 valence electrons. The van der Waals surface area contributed by atoms with Crippen molar-refractivity contribution in [1.29, 1.82) is 0 Å². The highest BCUT2D eigenvalue weighted by atomic mass is 16.5. The summed E-state index contributed by atoms with van der Waals surface area (Å²) in [5.41, 5.74) is 0.269. The first kappa shape index (κ1) is 27.5. The summed E-state index contributed by atoms with van der Waals surface area (Å²) >= 11 is 0. The summed E-state index contributed by atoms with van der Waals surface area (Å²) in [4.78, 5) is 36.9. The zero-order valence-corrected chi connectivity index (χ0v) is 22.7. The van der Waals surface area contributed by atoms with Crippen LogP contribution in [0.15, 0.2) is 42.9 Å². The van der Waals surface area contributed by atoms with Crippen LogP contribution in [0.3, 0.4) is 0 Å². The van der Waals surface area contributed by atoms with Crippen LogP contribution in [0, 0.1) is 11.8 Å². The third-order valence-electron chi connectivity index (χ3n) is 6.78. The number of ether oxygens (including phenoxy) is 3. The number of aliphatic hydroxyl groups is 1. The van der Waals surface area contributed by atoms with Gasteiger partial charge in [-0.05, 0) is 50.7 Å². The van der Waals surface area contributed by atoms with E-state index in [4.69, 9.17) is 14.2 Å². The average molecular weight is 551 g/mol. The van der Waals surface area contributed by atoms with Gasteiger partial charge in [0, 0.05) is 56.6 Å². The smallest absolute Gasteiger partial charge is 0.257 e. The molecule has 0 radical (unpaired) electrons. The van der Waals surface area contributed by atoms with Crippen LogP contribution >= 0.6 is 0 Å². The molecule has 2 aromatic heterocycles. The Labute approximate surface area is 232 Å². The van der Waals surface area contributed by atoms with E-state index >= 15 is 0 Å². The quantitative estimate of drug-likeness (QED) is 0.368. The summed E-state index contributed by atoms with van der Waals surface area (Å²) in [5, 5.41) is 16.3. The van der Waals surface area contributed by atoms with Crippen molar-refractivity contribution in [3.05, 3.63) is 48.4 Å². The van der Waals surface area contributed by atoms with Crippen LogP contribution in [0.2, 0.25) is 0 Å². The second-order valence-electron chi connectivity index (χ2n) is 10.2. The number of rotatable bonds is 11. The van der Waals surface area contributed by atoms with E-state index in [-0.39, 0.29) is 29.9 Å². The summed E-state index contributed by atoms with van der Waals surface area (Å²) in [7, 11) is 1.75. The molecular formula is C28H34N6O6. The molecule has 0 unspecified atom stereocenters. The largest absolute Gasteiger partial charge is 0.488 e. The zero-order chi connectivity index (χ0) is 28.1. The highest BCUT2D eigenvalue weighted by molar-refractivity contribution is 6.04. The van der Waals surface area contributed by atoms with Crippen molar-refractivity contribution >= 4 is 23.5 Å². The van der Waals surface area contributed by atoms with E-state index in [1.54, 1.807) is 54.0 Å². The fourth-order valence-electron chi connectivity index (χ4n) is 4.41. The summed E-state index contributed by atoms with van der Waals surface area (Å²) < 4.78 is 18.7. The molecule has 2 N–H and O–H groups in total. The van der Waals surface area contributed by atoms with Crippen molar-refractivity contribution in [2.45, 2.75) is 38.7 Å². The molecule has 1 aromatic carbocycles. The van der Waals surface area contributed by atoms with E-state index in [1.807, 2.05) is 0 Å². The minimum Gasteiger partial charge on any atom is -0.488 e. The molecule has 3 heterocycles. The van der Waals surface area contributed by atoms with Gasteiger partial charge in [0.15, 0.2) is 11.6 Å². The molecule has 12 heteroatoms. The topological polar surface area (TPSA) is 141 Å². The molecule has 1 aliphatic carbocycles. The van der Waals surface area contributed by atoms with Crippen LogP contribution in [0.5, 0.6) is 17.4 Å². The molecule has 2 fully saturated rings. The van der Waals surface area contributed by atoms with E-state index in [9.17, 15) is 14.7 Å². The van der Waals surface area contributed by atoms with Crippen LogP contribution in [-0.2, 0) is 16.6 Å². The summed E-state index contributed by atoms with van der Waals surface area (Å²) in [5.74, 6) is 1.77.